The SMILES string of the molecule is COC1CCC(C(=O)Nc2ccc3[nH]c(=O)oc3c2)CC1. The van der Waals surface area contributed by atoms with Gasteiger partial charge in [0, 0.05) is 24.8 Å². The van der Waals surface area contributed by atoms with Crippen LogP contribution < -0.4 is 11.1 Å². The Morgan fingerprint density at radius 3 is 2.81 bits per heavy atom. The number of ether oxygens (including phenoxy) is 1. The Kier molecular flexibility index (Phi) is 3.79. The van der Waals surface area contributed by atoms with E-state index in [9.17, 15) is 9.59 Å². The quantitative estimate of drug-likeness (QED) is 0.908. The molecule has 2 aromatic rings. The van der Waals surface area contributed by atoms with Crippen molar-refractivity contribution in [2.75, 3.05) is 12.4 Å². The van der Waals surface area contributed by atoms with E-state index in [1.165, 1.54) is 0 Å². The van der Waals surface area contributed by atoms with Gasteiger partial charge in [0.05, 0.1) is 11.6 Å². The van der Waals surface area contributed by atoms with Crippen molar-refractivity contribution in [1.29, 1.82) is 0 Å². The van der Waals surface area contributed by atoms with Crippen molar-refractivity contribution in [3.05, 3.63) is 28.7 Å². The molecule has 3 rings (SSSR count). The molecule has 1 fully saturated rings. The summed E-state index contributed by atoms with van der Waals surface area (Å²) in [5.74, 6) is -0.460. The third-order valence-electron chi connectivity index (χ3n) is 4.07. The number of rotatable bonds is 3. The summed E-state index contributed by atoms with van der Waals surface area (Å²) < 4.78 is 10.3. The van der Waals surface area contributed by atoms with Crippen LogP contribution in [0.3, 0.4) is 0 Å². The number of amides is 1. The fraction of sp³-hybridized carbons (Fsp3) is 0.467. The number of nitrogens with one attached hydrogen (secondary N) is 2. The molecule has 0 saturated heterocycles. The molecule has 0 atom stereocenters. The predicted octanol–water partition coefficient (Wildman–Crippen LogP) is 2.26. The number of carbonyl (C=O) groups is 1. The zero-order valence-corrected chi connectivity index (χ0v) is 11.8. The molecule has 0 spiro atoms. The summed E-state index contributed by atoms with van der Waals surface area (Å²) in [4.78, 5) is 25.9. The monoisotopic (exact) mass is 290 g/mol. The predicted molar refractivity (Wildman–Crippen MR) is 78.2 cm³/mol. The van der Waals surface area contributed by atoms with Gasteiger partial charge < -0.3 is 14.5 Å². The van der Waals surface area contributed by atoms with Crippen molar-refractivity contribution in [3.63, 3.8) is 0 Å². The van der Waals surface area contributed by atoms with E-state index >= 15 is 0 Å². The summed E-state index contributed by atoms with van der Waals surface area (Å²) in [6.07, 6.45) is 3.79. The second-order valence-electron chi connectivity index (χ2n) is 5.42. The minimum absolute atomic E-state index is 0.0155. The summed E-state index contributed by atoms with van der Waals surface area (Å²) in [7, 11) is 1.71. The molecule has 2 N–H and O–H groups in total. The Balaban J connectivity index is 1.67. The second kappa shape index (κ2) is 5.73. The van der Waals surface area contributed by atoms with Gasteiger partial charge in [0.1, 0.15) is 0 Å². The number of benzene rings is 1. The number of methoxy groups -OCH3 is 1. The Morgan fingerprint density at radius 2 is 2.10 bits per heavy atom. The van der Waals surface area contributed by atoms with E-state index in [1.807, 2.05) is 0 Å². The number of oxazole rings is 1. The smallest absolute Gasteiger partial charge is 0.408 e. The van der Waals surface area contributed by atoms with E-state index in [4.69, 9.17) is 9.15 Å². The molecule has 0 bridgehead atoms. The maximum atomic E-state index is 12.3. The number of fused-ring (bicyclic) bond motifs is 1. The first-order valence-electron chi connectivity index (χ1n) is 7.12. The van der Waals surface area contributed by atoms with Crippen LogP contribution in [0.2, 0.25) is 0 Å². The van der Waals surface area contributed by atoms with E-state index < -0.39 is 5.76 Å². The van der Waals surface area contributed by atoms with Gasteiger partial charge in [-0.25, -0.2) is 4.79 Å². The molecule has 1 aliphatic carbocycles. The normalized spacial score (nSPS) is 22.3. The maximum Gasteiger partial charge on any atom is 0.417 e. The lowest BCUT2D eigenvalue weighted by atomic mass is 9.87. The van der Waals surface area contributed by atoms with Crippen molar-refractivity contribution in [3.8, 4) is 0 Å². The molecule has 1 aromatic carbocycles. The van der Waals surface area contributed by atoms with Crippen molar-refractivity contribution < 1.29 is 13.9 Å². The third-order valence-corrected chi connectivity index (χ3v) is 4.07. The van der Waals surface area contributed by atoms with Gasteiger partial charge in [0.25, 0.3) is 0 Å². The molecule has 6 nitrogen and oxygen atoms in total. The van der Waals surface area contributed by atoms with Gasteiger partial charge in [-0.1, -0.05) is 0 Å². The first-order chi connectivity index (χ1) is 10.2. The number of aromatic amines is 1. The van der Waals surface area contributed by atoms with Crippen molar-refractivity contribution in [1.82, 2.24) is 4.98 Å². The van der Waals surface area contributed by atoms with Gasteiger partial charge in [-0.15, -0.1) is 0 Å². The number of hydrogen-bond acceptors (Lipinski definition) is 4. The van der Waals surface area contributed by atoms with Crippen molar-refractivity contribution in [2.24, 2.45) is 5.92 Å². The summed E-state index contributed by atoms with van der Waals surface area (Å²) in [6, 6.07) is 5.13. The number of anilines is 1. The summed E-state index contributed by atoms with van der Waals surface area (Å²) >= 11 is 0. The Morgan fingerprint density at radius 1 is 1.33 bits per heavy atom. The molecule has 112 valence electrons. The van der Waals surface area contributed by atoms with E-state index in [-0.39, 0.29) is 17.9 Å². The Labute approximate surface area is 121 Å². The maximum absolute atomic E-state index is 12.3. The lowest BCUT2D eigenvalue weighted by Gasteiger charge is -2.26. The molecular weight excluding hydrogens is 272 g/mol. The molecule has 21 heavy (non-hydrogen) atoms. The fourth-order valence-electron chi connectivity index (χ4n) is 2.83. The van der Waals surface area contributed by atoms with Crippen LogP contribution in [-0.4, -0.2) is 24.1 Å². The highest BCUT2D eigenvalue weighted by Crippen LogP contribution is 2.27. The Hall–Kier alpha value is -2.08. The highest BCUT2D eigenvalue weighted by molar-refractivity contribution is 5.94. The van der Waals surface area contributed by atoms with Crippen LogP contribution in [0.25, 0.3) is 11.1 Å². The number of aromatic nitrogens is 1. The van der Waals surface area contributed by atoms with Gasteiger partial charge in [0.2, 0.25) is 5.91 Å². The zero-order valence-electron chi connectivity index (χ0n) is 11.8. The van der Waals surface area contributed by atoms with E-state index in [0.29, 0.717) is 16.8 Å². The van der Waals surface area contributed by atoms with Crippen LogP contribution in [0.5, 0.6) is 0 Å². The molecule has 1 saturated carbocycles. The van der Waals surface area contributed by atoms with Crippen molar-refractivity contribution in [2.45, 2.75) is 31.8 Å². The second-order valence-corrected chi connectivity index (χ2v) is 5.42. The zero-order chi connectivity index (χ0) is 14.8. The first kappa shape index (κ1) is 13.9. The lowest BCUT2D eigenvalue weighted by Crippen LogP contribution is -2.29. The van der Waals surface area contributed by atoms with Gasteiger partial charge in [-0.05, 0) is 37.8 Å². The molecule has 1 aromatic heterocycles. The molecule has 1 aliphatic rings. The summed E-state index contributed by atoms with van der Waals surface area (Å²) in [5.41, 5.74) is 1.71. The fourth-order valence-corrected chi connectivity index (χ4v) is 2.83. The standard InChI is InChI=1S/C15H18N2O4/c1-20-11-5-2-9(3-6-11)14(18)16-10-4-7-12-13(8-10)21-15(19)17-12/h4,7-9,11H,2-3,5-6H2,1H3,(H,16,18)(H,17,19). The van der Waals surface area contributed by atoms with Crippen LogP contribution in [0.15, 0.2) is 27.4 Å². The molecule has 1 amide bonds. The van der Waals surface area contributed by atoms with Crippen molar-refractivity contribution >= 4 is 22.7 Å². The highest BCUT2D eigenvalue weighted by atomic mass is 16.5. The van der Waals surface area contributed by atoms with E-state index in [1.54, 1.807) is 25.3 Å². The van der Waals surface area contributed by atoms with Gasteiger partial charge >= 0.3 is 5.76 Å². The number of hydrogen-bond donors (Lipinski definition) is 2. The van der Waals surface area contributed by atoms with Crippen LogP contribution in [0.1, 0.15) is 25.7 Å². The van der Waals surface area contributed by atoms with Crippen LogP contribution in [0, 0.1) is 5.92 Å². The highest BCUT2D eigenvalue weighted by Gasteiger charge is 2.26. The summed E-state index contributed by atoms with van der Waals surface area (Å²) in [5, 5.41) is 2.89. The topological polar surface area (TPSA) is 84.3 Å². The Bertz CT molecular complexity index is 695. The molecule has 0 aliphatic heterocycles. The van der Waals surface area contributed by atoms with E-state index in [2.05, 4.69) is 10.3 Å². The van der Waals surface area contributed by atoms with E-state index in [0.717, 1.165) is 25.7 Å². The van der Waals surface area contributed by atoms with Crippen LogP contribution in [0.4, 0.5) is 5.69 Å². The van der Waals surface area contributed by atoms with Crippen LogP contribution in [-0.2, 0) is 9.53 Å². The molecule has 6 heteroatoms. The largest absolute Gasteiger partial charge is 0.417 e. The average Bonchev–Trinajstić information content (AvgIpc) is 2.86. The molecule has 1 heterocycles. The number of H-pyrrole nitrogens is 1. The molecular formula is C15H18N2O4. The van der Waals surface area contributed by atoms with Gasteiger partial charge in [-0.2, -0.15) is 0 Å². The minimum atomic E-state index is -0.494. The first-order valence-corrected chi connectivity index (χ1v) is 7.12. The average molecular weight is 290 g/mol. The van der Waals surface area contributed by atoms with Gasteiger partial charge in [0.15, 0.2) is 5.58 Å². The van der Waals surface area contributed by atoms with Gasteiger partial charge in [-0.3, -0.25) is 9.78 Å². The molecule has 0 radical (unpaired) electrons. The lowest BCUT2D eigenvalue weighted by molar-refractivity contribution is -0.121. The molecule has 0 unspecified atom stereocenters. The summed E-state index contributed by atoms with van der Waals surface area (Å²) in [6.45, 7) is 0. The minimum Gasteiger partial charge on any atom is -0.408 e. The number of carbonyl (C=O) groups excluding carboxylic acids is 1. The third kappa shape index (κ3) is 3.00. The van der Waals surface area contributed by atoms with Crippen LogP contribution >= 0.6 is 0 Å².